The lowest BCUT2D eigenvalue weighted by Gasteiger charge is -2.28. The Morgan fingerprint density at radius 1 is 1.00 bits per heavy atom. The lowest BCUT2D eigenvalue weighted by molar-refractivity contribution is -0.119. The molecule has 2 N–H and O–H groups in total. The van der Waals surface area contributed by atoms with Crippen LogP contribution in [0.4, 0.5) is 11.4 Å². The third kappa shape index (κ3) is 5.29. The molecule has 1 fully saturated rings. The largest absolute Gasteiger partial charge is 0.378 e. The third-order valence-corrected chi connectivity index (χ3v) is 5.07. The molecule has 0 atom stereocenters. The predicted molar refractivity (Wildman–Crippen MR) is 119 cm³/mol. The zero-order valence-electron chi connectivity index (χ0n) is 17.4. The van der Waals surface area contributed by atoms with Crippen molar-refractivity contribution in [2.24, 2.45) is 0 Å². The number of hydrogen-bond donors (Lipinski definition) is 2. The molecule has 31 heavy (non-hydrogen) atoms. The van der Waals surface area contributed by atoms with E-state index in [1.807, 2.05) is 42.6 Å². The van der Waals surface area contributed by atoms with Gasteiger partial charge in [0.25, 0.3) is 5.91 Å². The fourth-order valence-electron chi connectivity index (χ4n) is 3.37. The van der Waals surface area contributed by atoms with E-state index in [1.165, 1.54) is 6.92 Å². The molecule has 0 unspecified atom stereocenters. The molecule has 160 valence electrons. The monoisotopic (exact) mass is 419 g/mol. The summed E-state index contributed by atoms with van der Waals surface area (Å²) >= 11 is 0. The molecule has 4 rings (SSSR count). The molecule has 1 saturated heterocycles. The summed E-state index contributed by atoms with van der Waals surface area (Å²) in [6.07, 6.45) is 3.55. The predicted octanol–water partition coefficient (Wildman–Crippen LogP) is 2.60. The van der Waals surface area contributed by atoms with E-state index in [1.54, 1.807) is 23.0 Å². The van der Waals surface area contributed by atoms with Crippen molar-refractivity contribution in [3.8, 4) is 5.69 Å². The molecule has 1 aromatic heterocycles. The number of rotatable bonds is 6. The Hall–Kier alpha value is -3.65. The molecule has 0 aliphatic carbocycles. The maximum absolute atomic E-state index is 12.6. The van der Waals surface area contributed by atoms with E-state index in [2.05, 4.69) is 20.6 Å². The van der Waals surface area contributed by atoms with E-state index in [-0.39, 0.29) is 11.8 Å². The minimum Gasteiger partial charge on any atom is -0.378 e. The maximum atomic E-state index is 12.6. The molecule has 1 aliphatic heterocycles. The maximum Gasteiger partial charge on any atom is 0.255 e. The van der Waals surface area contributed by atoms with Crippen molar-refractivity contribution in [3.05, 3.63) is 72.1 Å². The summed E-state index contributed by atoms with van der Waals surface area (Å²) < 4.78 is 7.10. The van der Waals surface area contributed by atoms with Crippen LogP contribution in [0.25, 0.3) is 5.69 Å². The molecule has 2 heterocycles. The van der Waals surface area contributed by atoms with Crippen LogP contribution in [0, 0.1) is 0 Å². The number of ether oxygens (including phenoxy) is 1. The van der Waals surface area contributed by atoms with Gasteiger partial charge in [-0.1, -0.05) is 0 Å². The first kappa shape index (κ1) is 20.6. The lowest BCUT2D eigenvalue weighted by atomic mass is 10.2. The Morgan fingerprint density at radius 3 is 2.35 bits per heavy atom. The van der Waals surface area contributed by atoms with Gasteiger partial charge in [-0.15, -0.1) is 0 Å². The van der Waals surface area contributed by atoms with Crippen molar-refractivity contribution in [1.29, 1.82) is 0 Å². The van der Waals surface area contributed by atoms with Gasteiger partial charge in [-0.05, 0) is 48.5 Å². The zero-order chi connectivity index (χ0) is 21.6. The van der Waals surface area contributed by atoms with Crippen molar-refractivity contribution in [1.82, 2.24) is 15.1 Å². The second-order valence-corrected chi connectivity index (χ2v) is 7.35. The number of nitrogens with one attached hydrogen (secondary N) is 2. The Morgan fingerprint density at radius 2 is 1.68 bits per heavy atom. The zero-order valence-corrected chi connectivity index (χ0v) is 17.4. The highest BCUT2D eigenvalue weighted by Crippen LogP contribution is 2.20. The Balaban J connectivity index is 1.36. The van der Waals surface area contributed by atoms with E-state index >= 15 is 0 Å². The molecule has 0 radical (unpaired) electrons. The molecule has 3 aromatic rings. The average Bonchev–Trinajstić information content (AvgIpc) is 3.28. The number of carbonyl (C=O) groups is 2. The van der Waals surface area contributed by atoms with E-state index in [0.717, 1.165) is 48.9 Å². The Kier molecular flexibility index (Phi) is 6.28. The van der Waals surface area contributed by atoms with Crippen LogP contribution in [0.15, 0.2) is 60.9 Å². The highest BCUT2D eigenvalue weighted by Gasteiger charge is 2.12. The summed E-state index contributed by atoms with van der Waals surface area (Å²) in [5, 5.41) is 9.98. The molecular formula is C23H25N5O3. The van der Waals surface area contributed by atoms with Crippen molar-refractivity contribution in [2.45, 2.75) is 13.5 Å². The summed E-state index contributed by atoms with van der Waals surface area (Å²) in [5.41, 5.74) is 4.17. The van der Waals surface area contributed by atoms with Gasteiger partial charge in [0, 0.05) is 55.3 Å². The van der Waals surface area contributed by atoms with Gasteiger partial charge in [0.05, 0.1) is 25.1 Å². The van der Waals surface area contributed by atoms with Gasteiger partial charge in [-0.25, -0.2) is 4.68 Å². The number of benzene rings is 2. The third-order valence-electron chi connectivity index (χ3n) is 5.07. The lowest BCUT2D eigenvalue weighted by Crippen LogP contribution is -2.36. The number of hydrogen-bond acceptors (Lipinski definition) is 5. The highest BCUT2D eigenvalue weighted by molar-refractivity contribution is 6.04. The molecule has 2 aromatic carbocycles. The van der Waals surface area contributed by atoms with Gasteiger partial charge in [-0.2, -0.15) is 5.10 Å². The summed E-state index contributed by atoms with van der Waals surface area (Å²) in [6, 6.07) is 15.1. The van der Waals surface area contributed by atoms with Crippen molar-refractivity contribution in [2.75, 3.05) is 36.5 Å². The quantitative estimate of drug-likeness (QED) is 0.641. The molecule has 8 heteroatoms. The smallest absolute Gasteiger partial charge is 0.255 e. The van der Waals surface area contributed by atoms with Crippen LogP contribution in [-0.4, -0.2) is 47.9 Å². The normalized spacial score (nSPS) is 13.6. The topological polar surface area (TPSA) is 88.5 Å². The van der Waals surface area contributed by atoms with Crippen molar-refractivity contribution >= 4 is 23.2 Å². The van der Waals surface area contributed by atoms with Crippen LogP contribution >= 0.6 is 0 Å². The SMILES string of the molecule is CC(=O)NCc1cnn(-c2ccc(C(=O)Nc3ccc(N4CCOCC4)cc3)cc2)c1. The summed E-state index contributed by atoms with van der Waals surface area (Å²) in [5.74, 6) is -0.253. The molecule has 1 aliphatic rings. The van der Waals surface area contributed by atoms with Crippen molar-refractivity contribution in [3.63, 3.8) is 0 Å². The average molecular weight is 419 g/mol. The molecule has 8 nitrogen and oxygen atoms in total. The number of morpholine rings is 1. The van der Waals surface area contributed by atoms with Crippen LogP contribution in [0.3, 0.4) is 0 Å². The molecule has 0 spiro atoms. The van der Waals surface area contributed by atoms with Crippen LogP contribution in [-0.2, 0) is 16.1 Å². The highest BCUT2D eigenvalue weighted by atomic mass is 16.5. The van der Waals surface area contributed by atoms with Crippen molar-refractivity contribution < 1.29 is 14.3 Å². The molecular weight excluding hydrogens is 394 g/mol. The number of amides is 2. The summed E-state index contributed by atoms with van der Waals surface area (Å²) in [6.45, 7) is 5.15. The molecule has 2 amide bonds. The van der Waals surface area contributed by atoms with E-state index in [9.17, 15) is 9.59 Å². The second-order valence-electron chi connectivity index (χ2n) is 7.35. The van der Waals surface area contributed by atoms with Gasteiger partial charge >= 0.3 is 0 Å². The van der Waals surface area contributed by atoms with E-state index in [0.29, 0.717) is 12.1 Å². The summed E-state index contributed by atoms with van der Waals surface area (Å²) in [4.78, 5) is 25.9. The van der Waals surface area contributed by atoms with Crippen LogP contribution in [0.2, 0.25) is 0 Å². The number of carbonyl (C=O) groups excluding carboxylic acids is 2. The Labute approximate surface area is 180 Å². The van der Waals surface area contributed by atoms with Gasteiger partial charge in [0.1, 0.15) is 0 Å². The first-order chi connectivity index (χ1) is 15.1. The fourth-order valence-corrected chi connectivity index (χ4v) is 3.37. The van der Waals surface area contributed by atoms with Gasteiger partial charge < -0.3 is 20.3 Å². The fraction of sp³-hybridized carbons (Fsp3) is 0.261. The second kappa shape index (κ2) is 9.44. The molecule has 0 bridgehead atoms. The van der Waals surface area contributed by atoms with Gasteiger partial charge in [0.15, 0.2) is 0 Å². The first-order valence-electron chi connectivity index (χ1n) is 10.2. The van der Waals surface area contributed by atoms with Gasteiger partial charge in [0.2, 0.25) is 5.91 Å². The number of anilines is 2. The number of aromatic nitrogens is 2. The standard InChI is InChI=1S/C23H25N5O3/c1-17(29)24-14-18-15-25-28(16-18)22-6-2-19(3-7-22)23(30)26-20-4-8-21(9-5-20)27-10-12-31-13-11-27/h2-9,15-16H,10-14H2,1H3,(H,24,29)(H,26,30). The van der Waals surface area contributed by atoms with E-state index in [4.69, 9.17) is 4.74 Å². The first-order valence-corrected chi connectivity index (χ1v) is 10.2. The summed E-state index contributed by atoms with van der Waals surface area (Å²) in [7, 11) is 0. The van der Waals surface area contributed by atoms with E-state index < -0.39 is 0 Å². The minimum absolute atomic E-state index is 0.0844. The van der Waals surface area contributed by atoms with Crippen LogP contribution in [0.1, 0.15) is 22.8 Å². The Bertz CT molecular complexity index is 1040. The van der Waals surface area contributed by atoms with Crippen LogP contribution < -0.4 is 15.5 Å². The van der Waals surface area contributed by atoms with Crippen LogP contribution in [0.5, 0.6) is 0 Å². The van der Waals surface area contributed by atoms with Gasteiger partial charge in [-0.3, -0.25) is 9.59 Å². The number of nitrogens with zero attached hydrogens (tertiary/aromatic N) is 3. The minimum atomic E-state index is -0.169. The molecule has 0 saturated carbocycles.